The summed E-state index contributed by atoms with van der Waals surface area (Å²) in [6, 6.07) is 6.27. The third kappa shape index (κ3) is 6.39. The van der Waals surface area contributed by atoms with Crippen LogP contribution in [0.25, 0.3) is 0 Å². The van der Waals surface area contributed by atoms with E-state index in [1.54, 1.807) is 12.1 Å². The molecule has 0 bridgehead atoms. The predicted octanol–water partition coefficient (Wildman–Crippen LogP) is 2.22. The highest BCUT2D eigenvalue weighted by Gasteiger charge is 2.09. The smallest absolute Gasteiger partial charge is 0.309 e. The van der Waals surface area contributed by atoms with E-state index in [1.807, 2.05) is 0 Å². The van der Waals surface area contributed by atoms with E-state index in [2.05, 4.69) is 18.6 Å². The zero-order valence-electron chi connectivity index (χ0n) is 11.3. The van der Waals surface area contributed by atoms with Crippen LogP contribution in [0.4, 0.5) is 0 Å². The molecule has 0 aliphatic heterocycles. The summed E-state index contributed by atoms with van der Waals surface area (Å²) >= 11 is 0. The van der Waals surface area contributed by atoms with Gasteiger partial charge in [0.05, 0.1) is 18.4 Å². The SMILES string of the molecule is CCC.COC(=O)Cc1cccc(S(C)(=O)=O)c1. The molecule has 4 nitrogen and oxygen atoms in total. The fourth-order valence-corrected chi connectivity index (χ4v) is 1.82. The van der Waals surface area contributed by atoms with Gasteiger partial charge in [0.15, 0.2) is 9.84 Å². The van der Waals surface area contributed by atoms with E-state index in [0.717, 1.165) is 6.26 Å². The fourth-order valence-electron chi connectivity index (χ4n) is 1.12. The molecule has 0 N–H and O–H groups in total. The first-order valence-corrected chi connectivity index (χ1v) is 7.60. The molecule has 102 valence electrons. The minimum atomic E-state index is -3.22. The maximum absolute atomic E-state index is 11.2. The van der Waals surface area contributed by atoms with Crippen LogP contribution < -0.4 is 0 Å². The summed E-state index contributed by atoms with van der Waals surface area (Å²) in [5.41, 5.74) is 0.629. The number of carbonyl (C=O) groups is 1. The summed E-state index contributed by atoms with van der Waals surface area (Å²) in [7, 11) is -1.93. The minimum Gasteiger partial charge on any atom is -0.469 e. The van der Waals surface area contributed by atoms with Gasteiger partial charge in [0.1, 0.15) is 0 Å². The maximum atomic E-state index is 11.2. The number of hydrogen-bond donors (Lipinski definition) is 0. The fraction of sp³-hybridized carbons (Fsp3) is 0.462. The van der Waals surface area contributed by atoms with Crippen molar-refractivity contribution in [1.82, 2.24) is 0 Å². The van der Waals surface area contributed by atoms with Crippen LogP contribution in [0.2, 0.25) is 0 Å². The molecule has 0 fully saturated rings. The van der Waals surface area contributed by atoms with Crippen LogP contribution in [-0.4, -0.2) is 27.8 Å². The lowest BCUT2D eigenvalue weighted by atomic mass is 10.1. The van der Waals surface area contributed by atoms with Gasteiger partial charge in [-0.1, -0.05) is 32.4 Å². The number of carbonyl (C=O) groups excluding carboxylic acids is 1. The van der Waals surface area contributed by atoms with Gasteiger partial charge >= 0.3 is 5.97 Å². The summed E-state index contributed by atoms with van der Waals surface area (Å²) in [6.07, 6.45) is 2.46. The van der Waals surface area contributed by atoms with Crippen molar-refractivity contribution in [2.24, 2.45) is 0 Å². The molecule has 0 aliphatic carbocycles. The van der Waals surface area contributed by atoms with Crippen molar-refractivity contribution < 1.29 is 17.9 Å². The van der Waals surface area contributed by atoms with Crippen molar-refractivity contribution in [3.8, 4) is 0 Å². The van der Waals surface area contributed by atoms with Crippen LogP contribution in [0.3, 0.4) is 0 Å². The van der Waals surface area contributed by atoms with Crippen molar-refractivity contribution >= 4 is 15.8 Å². The second kappa shape index (κ2) is 7.87. The number of methoxy groups -OCH3 is 1. The molecular weight excluding hydrogens is 252 g/mol. The predicted molar refractivity (Wildman–Crippen MR) is 71.2 cm³/mol. The van der Waals surface area contributed by atoms with Crippen LogP contribution in [0.5, 0.6) is 0 Å². The summed E-state index contributed by atoms with van der Waals surface area (Å²) in [6.45, 7) is 4.25. The summed E-state index contributed by atoms with van der Waals surface area (Å²) in [4.78, 5) is 11.2. The van der Waals surface area contributed by atoms with E-state index < -0.39 is 9.84 Å². The molecule has 1 aromatic rings. The van der Waals surface area contributed by atoms with Gasteiger partial charge in [0.2, 0.25) is 0 Å². The van der Waals surface area contributed by atoms with Crippen molar-refractivity contribution in [2.75, 3.05) is 13.4 Å². The van der Waals surface area contributed by atoms with E-state index in [-0.39, 0.29) is 17.3 Å². The third-order valence-electron chi connectivity index (χ3n) is 1.90. The second-order valence-corrected chi connectivity index (χ2v) is 5.90. The van der Waals surface area contributed by atoms with Gasteiger partial charge in [-0.05, 0) is 17.7 Å². The van der Waals surface area contributed by atoms with Crippen LogP contribution in [0.15, 0.2) is 29.2 Å². The molecule has 5 heteroatoms. The number of esters is 1. The average molecular weight is 272 g/mol. The van der Waals surface area contributed by atoms with Gasteiger partial charge in [0, 0.05) is 6.26 Å². The molecule has 1 rings (SSSR count). The van der Waals surface area contributed by atoms with E-state index >= 15 is 0 Å². The molecule has 0 atom stereocenters. The Morgan fingerprint density at radius 2 is 1.83 bits per heavy atom. The molecule has 18 heavy (non-hydrogen) atoms. The van der Waals surface area contributed by atoms with E-state index in [0.29, 0.717) is 5.56 Å². The molecule has 0 spiro atoms. The normalized spacial score (nSPS) is 10.2. The Morgan fingerprint density at radius 1 is 1.28 bits per heavy atom. The Hall–Kier alpha value is -1.36. The van der Waals surface area contributed by atoms with E-state index in [9.17, 15) is 13.2 Å². The molecule has 1 aromatic carbocycles. The monoisotopic (exact) mass is 272 g/mol. The molecule has 0 unspecified atom stereocenters. The largest absolute Gasteiger partial charge is 0.469 e. The number of rotatable bonds is 3. The lowest BCUT2D eigenvalue weighted by Gasteiger charge is -2.02. The van der Waals surface area contributed by atoms with Gasteiger partial charge in [-0.15, -0.1) is 0 Å². The summed E-state index contributed by atoms with van der Waals surface area (Å²) < 4.78 is 26.9. The van der Waals surface area contributed by atoms with Crippen LogP contribution in [0.1, 0.15) is 25.8 Å². The van der Waals surface area contributed by atoms with Gasteiger partial charge in [-0.25, -0.2) is 8.42 Å². The first-order valence-electron chi connectivity index (χ1n) is 5.70. The Balaban J connectivity index is 0.000000873. The Labute approximate surface area is 109 Å². The zero-order valence-corrected chi connectivity index (χ0v) is 12.1. The van der Waals surface area contributed by atoms with E-state index in [4.69, 9.17) is 0 Å². The first kappa shape index (κ1) is 16.6. The second-order valence-electron chi connectivity index (χ2n) is 3.88. The van der Waals surface area contributed by atoms with Gasteiger partial charge < -0.3 is 4.74 Å². The average Bonchev–Trinajstić information content (AvgIpc) is 2.29. The topological polar surface area (TPSA) is 60.4 Å². The van der Waals surface area contributed by atoms with Crippen molar-refractivity contribution in [1.29, 1.82) is 0 Å². The van der Waals surface area contributed by atoms with Gasteiger partial charge in [-0.2, -0.15) is 0 Å². The Morgan fingerprint density at radius 3 is 2.28 bits per heavy atom. The van der Waals surface area contributed by atoms with Crippen LogP contribution >= 0.6 is 0 Å². The quantitative estimate of drug-likeness (QED) is 0.792. The minimum absolute atomic E-state index is 0.0832. The van der Waals surface area contributed by atoms with Gasteiger partial charge in [0.25, 0.3) is 0 Å². The summed E-state index contributed by atoms with van der Waals surface area (Å²) in [5, 5.41) is 0. The highest BCUT2D eigenvalue weighted by molar-refractivity contribution is 7.90. The molecule has 0 saturated carbocycles. The van der Waals surface area contributed by atoms with Gasteiger partial charge in [-0.3, -0.25) is 4.79 Å². The Bertz CT molecular complexity index is 478. The summed E-state index contributed by atoms with van der Waals surface area (Å²) in [5.74, 6) is -0.388. The van der Waals surface area contributed by atoms with Crippen molar-refractivity contribution in [2.45, 2.75) is 31.6 Å². The maximum Gasteiger partial charge on any atom is 0.309 e. The lowest BCUT2D eigenvalue weighted by Crippen LogP contribution is -2.05. The molecule has 0 heterocycles. The molecule has 0 saturated heterocycles. The zero-order chi connectivity index (χ0) is 14.2. The number of ether oxygens (including phenoxy) is 1. The lowest BCUT2D eigenvalue weighted by molar-refractivity contribution is -0.139. The molecule has 0 amide bonds. The van der Waals surface area contributed by atoms with Crippen molar-refractivity contribution in [3.63, 3.8) is 0 Å². The highest BCUT2D eigenvalue weighted by Crippen LogP contribution is 2.11. The third-order valence-corrected chi connectivity index (χ3v) is 3.01. The number of benzene rings is 1. The first-order chi connectivity index (χ1) is 8.35. The van der Waals surface area contributed by atoms with Crippen LogP contribution in [-0.2, 0) is 25.8 Å². The molecular formula is C13H20O4S. The molecule has 0 aliphatic rings. The van der Waals surface area contributed by atoms with Crippen LogP contribution in [0, 0.1) is 0 Å². The number of hydrogen-bond acceptors (Lipinski definition) is 4. The van der Waals surface area contributed by atoms with Crippen molar-refractivity contribution in [3.05, 3.63) is 29.8 Å². The number of sulfone groups is 1. The Kier molecular flexibility index (Phi) is 7.27. The standard InChI is InChI=1S/C10H12O4S.C3H8/c1-14-10(11)7-8-4-3-5-9(6-8)15(2,12)13;1-3-2/h3-6H,7H2,1-2H3;3H2,1-2H3. The molecule has 0 aromatic heterocycles. The highest BCUT2D eigenvalue weighted by atomic mass is 32.2. The molecule has 0 radical (unpaired) electrons. The van der Waals surface area contributed by atoms with E-state index in [1.165, 1.54) is 25.7 Å².